The Labute approximate surface area is 224 Å². The fourth-order valence-electron chi connectivity index (χ4n) is 5.54. The van der Waals surface area contributed by atoms with Crippen molar-refractivity contribution in [3.63, 3.8) is 0 Å². The van der Waals surface area contributed by atoms with Gasteiger partial charge in [0.15, 0.2) is 0 Å². The molecule has 4 aromatic rings. The van der Waals surface area contributed by atoms with Gasteiger partial charge in [-0.1, -0.05) is 48.6 Å². The maximum Gasteiger partial charge on any atom is 0.219 e. The molecule has 0 aliphatic carbocycles. The number of amides is 2. The highest BCUT2D eigenvalue weighted by Gasteiger charge is 2.19. The Balaban J connectivity index is 0.000000155. The number of hydrogen-bond donors (Lipinski definition) is 2. The molecule has 0 bridgehead atoms. The van der Waals surface area contributed by atoms with E-state index in [1.165, 1.54) is 55.5 Å². The Hall–Kier alpha value is -4.06. The normalized spacial score (nSPS) is 18.4. The van der Waals surface area contributed by atoms with Crippen LogP contribution >= 0.6 is 0 Å². The topological polar surface area (TPSA) is 72.2 Å². The van der Waals surface area contributed by atoms with E-state index in [4.69, 9.17) is 0 Å². The molecule has 0 radical (unpaired) electrons. The number of carbonyl (C=O) groups is 2. The van der Waals surface area contributed by atoms with Gasteiger partial charge in [-0.2, -0.15) is 0 Å². The highest BCUT2D eigenvalue weighted by atomic mass is 16.2. The molecule has 6 heteroatoms. The van der Waals surface area contributed by atoms with Gasteiger partial charge in [-0.3, -0.25) is 9.59 Å². The smallest absolute Gasteiger partial charge is 0.219 e. The molecule has 6 rings (SSSR count). The van der Waals surface area contributed by atoms with E-state index in [-0.39, 0.29) is 11.8 Å². The molecule has 0 saturated carbocycles. The van der Waals surface area contributed by atoms with Crippen molar-refractivity contribution >= 4 is 44.8 Å². The highest BCUT2D eigenvalue weighted by molar-refractivity contribution is 5.90. The number of rotatable bonds is 0. The van der Waals surface area contributed by atoms with Crippen LogP contribution in [-0.4, -0.2) is 57.8 Å². The van der Waals surface area contributed by atoms with Crippen molar-refractivity contribution in [1.82, 2.24) is 19.8 Å². The number of nitrogens with zero attached hydrogens (tertiary/aromatic N) is 2. The third-order valence-electron chi connectivity index (χ3n) is 7.81. The minimum atomic E-state index is 0.146. The van der Waals surface area contributed by atoms with Crippen molar-refractivity contribution in [2.24, 2.45) is 0 Å². The predicted octanol–water partition coefficient (Wildman–Crippen LogP) is 5.95. The van der Waals surface area contributed by atoms with Crippen LogP contribution in [0.4, 0.5) is 0 Å². The summed E-state index contributed by atoms with van der Waals surface area (Å²) >= 11 is 0. The molecule has 6 nitrogen and oxygen atoms in total. The first-order valence-electron chi connectivity index (χ1n) is 13.4. The first kappa shape index (κ1) is 25.6. The molecular formula is C32H36N4O2. The summed E-state index contributed by atoms with van der Waals surface area (Å²) in [6, 6.07) is 16.7. The molecule has 2 N–H and O–H groups in total. The summed E-state index contributed by atoms with van der Waals surface area (Å²) in [5.41, 5.74) is 9.90. The van der Waals surface area contributed by atoms with Gasteiger partial charge in [0.2, 0.25) is 11.8 Å². The molecule has 4 heterocycles. The van der Waals surface area contributed by atoms with E-state index in [9.17, 15) is 9.59 Å². The van der Waals surface area contributed by atoms with Crippen LogP contribution in [0, 0.1) is 0 Å². The third-order valence-corrected chi connectivity index (χ3v) is 7.81. The Morgan fingerprint density at radius 3 is 1.45 bits per heavy atom. The number of benzene rings is 2. The van der Waals surface area contributed by atoms with Crippen molar-refractivity contribution in [3.8, 4) is 0 Å². The molecule has 2 aliphatic heterocycles. The summed E-state index contributed by atoms with van der Waals surface area (Å²) in [7, 11) is 0. The maximum atomic E-state index is 11.6. The van der Waals surface area contributed by atoms with Gasteiger partial charge in [0.25, 0.3) is 0 Å². The molecule has 0 spiro atoms. The van der Waals surface area contributed by atoms with Crippen LogP contribution in [0.25, 0.3) is 33.0 Å². The van der Waals surface area contributed by atoms with Crippen molar-refractivity contribution < 1.29 is 9.59 Å². The van der Waals surface area contributed by atoms with Gasteiger partial charge in [-0.15, -0.1) is 0 Å². The van der Waals surface area contributed by atoms with E-state index in [0.29, 0.717) is 13.1 Å². The number of allylic oxidation sites excluding steroid dienone is 2. The summed E-state index contributed by atoms with van der Waals surface area (Å²) in [5, 5.41) is 2.55. The number of aromatic amines is 2. The molecule has 2 aromatic heterocycles. The van der Waals surface area contributed by atoms with Gasteiger partial charge in [-0.05, 0) is 61.1 Å². The number of fused-ring (bicyclic) bond motifs is 6. The molecule has 196 valence electrons. The zero-order chi connectivity index (χ0) is 26.8. The van der Waals surface area contributed by atoms with Crippen molar-refractivity contribution in [2.45, 2.75) is 40.5 Å². The van der Waals surface area contributed by atoms with Crippen molar-refractivity contribution in [3.05, 3.63) is 83.2 Å². The molecule has 0 atom stereocenters. The SMILES string of the molecule is CC(=O)N1C/C=C(/C)c2[nH]c3ccccc3c2CC1.CC(=O)N1C/C=C(/C)c2[nH]c3ccccc3c2CC1. The molecule has 0 fully saturated rings. The van der Waals surface area contributed by atoms with Crippen LogP contribution in [0.2, 0.25) is 0 Å². The van der Waals surface area contributed by atoms with E-state index >= 15 is 0 Å². The van der Waals surface area contributed by atoms with Gasteiger partial charge in [0.05, 0.1) is 0 Å². The number of hydrogen-bond acceptors (Lipinski definition) is 2. The standard InChI is InChI=1S/2C16H18N2O/c2*1-11-7-9-18(12(2)19)10-8-14-13-5-3-4-6-15(13)17-16(11)14/h2*3-7,17H,8-10H2,1-2H3/b2*11-7-. The molecule has 2 aromatic carbocycles. The number of para-hydroxylation sites is 2. The molecule has 2 aliphatic rings. The van der Waals surface area contributed by atoms with Crippen LogP contribution < -0.4 is 0 Å². The Morgan fingerprint density at radius 2 is 1.05 bits per heavy atom. The lowest BCUT2D eigenvalue weighted by Gasteiger charge is -2.22. The second-order valence-electron chi connectivity index (χ2n) is 10.3. The number of aromatic nitrogens is 2. The van der Waals surface area contributed by atoms with Gasteiger partial charge in [0, 0.05) is 73.2 Å². The summed E-state index contributed by atoms with van der Waals surface area (Å²) < 4.78 is 0. The lowest BCUT2D eigenvalue weighted by atomic mass is 10.0. The maximum absolute atomic E-state index is 11.6. The Bertz CT molecular complexity index is 1450. The van der Waals surface area contributed by atoms with E-state index in [2.05, 4.69) is 72.4 Å². The van der Waals surface area contributed by atoms with E-state index in [1.54, 1.807) is 13.8 Å². The quantitative estimate of drug-likeness (QED) is 0.308. The van der Waals surface area contributed by atoms with E-state index in [0.717, 1.165) is 25.9 Å². The second kappa shape index (κ2) is 10.7. The van der Waals surface area contributed by atoms with Crippen molar-refractivity contribution in [2.75, 3.05) is 26.2 Å². The van der Waals surface area contributed by atoms with Crippen LogP contribution in [0.1, 0.15) is 50.2 Å². The van der Waals surface area contributed by atoms with Gasteiger partial charge < -0.3 is 19.8 Å². The lowest BCUT2D eigenvalue weighted by molar-refractivity contribution is -0.129. The summed E-state index contributed by atoms with van der Waals surface area (Å²) in [5.74, 6) is 0.291. The highest BCUT2D eigenvalue weighted by Crippen LogP contribution is 2.30. The zero-order valence-corrected chi connectivity index (χ0v) is 22.7. The van der Waals surface area contributed by atoms with Crippen LogP contribution in [0.5, 0.6) is 0 Å². The van der Waals surface area contributed by atoms with Crippen molar-refractivity contribution in [1.29, 1.82) is 0 Å². The first-order chi connectivity index (χ1) is 18.3. The van der Waals surface area contributed by atoms with Gasteiger partial charge >= 0.3 is 0 Å². The number of H-pyrrole nitrogens is 2. The van der Waals surface area contributed by atoms with Crippen LogP contribution in [0.3, 0.4) is 0 Å². The first-order valence-corrected chi connectivity index (χ1v) is 13.4. The largest absolute Gasteiger partial charge is 0.355 e. The number of carbonyl (C=O) groups excluding carboxylic acids is 2. The molecule has 0 unspecified atom stereocenters. The molecular weight excluding hydrogens is 472 g/mol. The van der Waals surface area contributed by atoms with Crippen LogP contribution in [0.15, 0.2) is 60.7 Å². The third kappa shape index (κ3) is 5.03. The molecule has 0 saturated heterocycles. The summed E-state index contributed by atoms with van der Waals surface area (Å²) in [6.45, 7) is 10.5. The fourth-order valence-corrected chi connectivity index (χ4v) is 5.54. The fraction of sp³-hybridized carbons (Fsp3) is 0.312. The molecule has 38 heavy (non-hydrogen) atoms. The number of nitrogens with one attached hydrogen (secondary N) is 2. The zero-order valence-electron chi connectivity index (χ0n) is 22.7. The Morgan fingerprint density at radius 1 is 0.658 bits per heavy atom. The average Bonchev–Trinajstić information content (AvgIpc) is 3.44. The summed E-state index contributed by atoms with van der Waals surface area (Å²) in [6.07, 6.45) is 6.08. The Kier molecular flexibility index (Phi) is 7.23. The lowest BCUT2D eigenvalue weighted by Crippen LogP contribution is -2.32. The average molecular weight is 509 g/mol. The van der Waals surface area contributed by atoms with Gasteiger partial charge in [0.1, 0.15) is 0 Å². The minimum Gasteiger partial charge on any atom is -0.355 e. The van der Waals surface area contributed by atoms with Gasteiger partial charge in [-0.25, -0.2) is 0 Å². The van der Waals surface area contributed by atoms with E-state index < -0.39 is 0 Å². The molecule has 2 amide bonds. The monoisotopic (exact) mass is 508 g/mol. The minimum absolute atomic E-state index is 0.146. The summed E-state index contributed by atoms with van der Waals surface area (Å²) in [4.78, 5) is 34.0. The van der Waals surface area contributed by atoms with E-state index in [1.807, 2.05) is 21.9 Å². The second-order valence-corrected chi connectivity index (χ2v) is 10.3. The van der Waals surface area contributed by atoms with Crippen LogP contribution in [-0.2, 0) is 22.4 Å². The predicted molar refractivity (Wildman–Crippen MR) is 156 cm³/mol.